The van der Waals surface area contributed by atoms with Gasteiger partial charge in [-0.05, 0) is 23.4 Å². The quantitative estimate of drug-likeness (QED) is 0.500. The lowest BCUT2D eigenvalue weighted by molar-refractivity contribution is 1.50. The molecular formula is C12H12. The Kier molecular flexibility index (Phi) is 3.17. The molecule has 0 nitrogen and oxygen atoms in total. The molecule has 1 aliphatic rings. The van der Waals surface area contributed by atoms with Crippen LogP contribution < -0.4 is 10.4 Å². The molecule has 0 spiro atoms. The first-order valence-electron chi connectivity index (χ1n) is 4.24. The second kappa shape index (κ2) is 4.41. The molecule has 60 valence electrons. The van der Waals surface area contributed by atoms with Gasteiger partial charge in [0.05, 0.1) is 0 Å². The number of hydrogen-bond acceptors (Lipinski definition) is 0. The summed E-state index contributed by atoms with van der Waals surface area (Å²) in [6.07, 6.45) is 3.91. The molecule has 1 aromatic rings. The molecule has 12 heavy (non-hydrogen) atoms. The summed E-state index contributed by atoms with van der Waals surface area (Å²) in [4.78, 5) is 0. The third-order valence-electron chi connectivity index (χ3n) is 1.51. The Morgan fingerprint density at radius 2 is 1.83 bits per heavy atom. The van der Waals surface area contributed by atoms with E-state index < -0.39 is 0 Å². The van der Waals surface area contributed by atoms with Gasteiger partial charge in [-0.25, -0.2) is 0 Å². The molecule has 0 unspecified atom stereocenters. The molecule has 0 aromatic heterocycles. The van der Waals surface area contributed by atoms with E-state index in [0.717, 1.165) is 5.22 Å². The van der Waals surface area contributed by atoms with Gasteiger partial charge in [-0.1, -0.05) is 43.5 Å². The smallest absolute Gasteiger partial charge is 0.0321 e. The van der Waals surface area contributed by atoms with Crippen molar-refractivity contribution >= 4 is 11.8 Å². The van der Waals surface area contributed by atoms with Gasteiger partial charge in [-0.3, -0.25) is 0 Å². The third-order valence-corrected chi connectivity index (χ3v) is 1.51. The molecule has 0 saturated carbocycles. The molecule has 0 heterocycles. The summed E-state index contributed by atoms with van der Waals surface area (Å²) in [5.41, 5.74) is 5.94. The summed E-state index contributed by atoms with van der Waals surface area (Å²) in [6.45, 7) is 4.00. The second-order valence-electron chi connectivity index (χ2n) is 2.19. The molecule has 0 amide bonds. The van der Waals surface area contributed by atoms with Gasteiger partial charge in [0.15, 0.2) is 0 Å². The standard InChI is InChI=1S/C10H6.C2H6/c1-2-6-10-8-4-3-7-9(10)5-1;1-2/h1-3,5-7H;1-2H3. The molecule has 0 bridgehead atoms. The number of fused-ring (bicyclic) bond motifs is 1. The fourth-order valence-corrected chi connectivity index (χ4v) is 1.01. The minimum Gasteiger partial charge on any atom is -0.0696 e. The molecule has 0 N–H and O–H groups in total. The Bertz CT molecular complexity index is 425. The number of hydrogen-bond donors (Lipinski definition) is 0. The minimum atomic E-state index is 1.13. The number of benzene rings is 1. The summed E-state index contributed by atoms with van der Waals surface area (Å²) in [7, 11) is 0. The van der Waals surface area contributed by atoms with Crippen molar-refractivity contribution in [3.63, 3.8) is 0 Å². The first-order valence-corrected chi connectivity index (χ1v) is 4.24. The van der Waals surface area contributed by atoms with E-state index >= 15 is 0 Å². The minimum absolute atomic E-state index is 1.13. The lowest BCUT2D eigenvalue weighted by Crippen LogP contribution is -2.22. The van der Waals surface area contributed by atoms with Crippen LogP contribution in [0.3, 0.4) is 0 Å². The summed E-state index contributed by atoms with van der Waals surface area (Å²) in [5.74, 6) is 0. The first-order chi connectivity index (χ1) is 5.97. The zero-order valence-corrected chi connectivity index (χ0v) is 7.46. The summed E-state index contributed by atoms with van der Waals surface area (Å²) in [5, 5.41) is 2.35. The third kappa shape index (κ3) is 1.77. The molecule has 0 atom stereocenters. The number of rotatable bonds is 0. The van der Waals surface area contributed by atoms with Gasteiger partial charge in [0.1, 0.15) is 0 Å². The monoisotopic (exact) mass is 156 g/mol. The average molecular weight is 156 g/mol. The van der Waals surface area contributed by atoms with Crippen molar-refractivity contribution in [2.24, 2.45) is 0 Å². The van der Waals surface area contributed by atoms with Gasteiger partial charge >= 0.3 is 0 Å². The van der Waals surface area contributed by atoms with E-state index in [1.165, 1.54) is 5.22 Å². The van der Waals surface area contributed by atoms with E-state index in [1.807, 2.05) is 44.2 Å². The zero-order chi connectivity index (χ0) is 8.81. The van der Waals surface area contributed by atoms with E-state index in [0.29, 0.717) is 0 Å². The van der Waals surface area contributed by atoms with Crippen LogP contribution in [0.2, 0.25) is 0 Å². The normalized spacial score (nSPS) is 10.2. The Morgan fingerprint density at radius 1 is 1.08 bits per heavy atom. The van der Waals surface area contributed by atoms with Crippen molar-refractivity contribution in [3.8, 4) is 0 Å². The maximum atomic E-state index is 3.03. The molecule has 0 heteroatoms. The highest BCUT2D eigenvalue weighted by atomic mass is 13.8. The van der Waals surface area contributed by atoms with Crippen LogP contribution in [0.25, 0.3) is 11.8 Å². The molecule has 0 aliphatic heterocycles. The Labute approximate surface area is 72.9 Å². The number of allylic oxidation sites excluding steroid dienone is 1. The predicted molar refractivity (Wildman–Crippen MR) is 53.0 cm³/mol. The van der Waals surface area contributed by atoms with Gasteiger partial charge in [0, 0.05) is 5.22 Å². The lowest BCUT2D eigenvalue weighted by atomic mass is 10.2. The average Bonchev–Trinajstić information content (AvgIpc) is 2.21. The second-order valence-corrected chi connectivity index (χ2v) is 2.19. The van der Waals surface area contributed by atoms with Crippen molar-refractivity contribution in [1.29, 1.82) is 0 Å². The highest BCUT2D eigenvalue weighted by molar-refractivity contribution is 5.43. The Morgan fingerprint density at radius 3 is 2.58 bits per heavy atom. The molecule has 2 rings (SSSR count). The summed E-state index contributed by atoms with van der Waals surface area (Å²) < 4.78 is 0. The molecule has 1 aliphatic carbocycles. The largest absolute Gasteiger partial charge is 0.0696 e. The van der Waals surface area contributed by atoms with Crippen molar-refractivity contribution < 1.29 is 0 Å². The van der Waals surface area contributed by atoms with Gasteiger partial charge < -0.3 is 0 Å². The van der Waals surface area contributed by atoms with Crippen molar-refractivity contribution in [3.05, 3.63) is 46.5 Å². The van der Waals surface area contributed by atoms with Crippen molar-refractivity contribution in [2.45, 2.75) is 13.8 Å². The van der Waals surface area contributed by atoms with E-state index in [2.05, 4.69) is 17.5 Å². The van der Waals surface area contributed by atoms with E-state index in [4.69, 9.17) is 0 Å². The van der Waals surface area contributed by atoms with Crippen LogP contribution in [0.15, 0.2) is 36.1 Å². The van der Waals surface area contributed by atoms with Crippen LogP contribution >= 0.6 is 0 Å². The lowest BCUT2D eigenvalue weighted by Gasteiger charge is -1.85. The summed E-state index contributed by atoms with van der Waals surface area (Å²) >= 11 is 0. The Balaban J connectivity index is 0.000000336. The highest BCUT2D eigenvalue weighted by Crippen LogP contribution is 1.75. The van der Waals surface area contributed by atoms with Gasteiger partial charge in [0.2, 0.25) is 0 Å². The summed E-state index contributed by atoms with van der Waals surface area (Å²) in [6, 6.07) is 8.13. The fraction of sp³-hybridized carbons (Fsp3) is 0.167. The highest BCUT2D eigenvalue weighted by Gasteiger charge is 1.81. The predicted octanol–water partition coefficient (Wildman–Crippen LogP) is 1.60. The zero-order valence-electron chi connectivity index (χ0n) is 7.46. The van der Waals surface area contributed by atoms with Crippen molar-refractivity contribution in [2.75, 3.05) is 0 Å². The van der Waals surface area contributed by atoms with E-state index in [-0.39, 0.29) is 0 Å². The van der Waals surface area contributed by atoms with Crippen LogP contribution in [0.4, 0.5) is 0 Å². The Hall–Kier alpha value is -1.48. The van der Waals surface area contributed by atoms with E-state index in [1.54, 1.807) is 0 Å². The first kappa shape index (κ1) is 8.62. The van der Waals surface area contributed by atoms with Crippen LogP contribution in [-0.4, -0.2) is 0 Å². The van der Waals surface area contributed by atoms with Crippen LogP contribution in [0, 0.1) is 0 Å². The molecular weight excluding hydrogens is 144 g/mol. The van der Waals surface area contributed by atoms with Gasteiger partial charge in [-0.15, -0.1) is 0 Å². The van der Waals surface area contributed by atoms with Gasteiger partial charge in [-0.2, -0.15) is 0 Å². The molecule has 0 saturated heterocycles. The maximum absolute atomic E-state index is 3.03. The fourth-order valence-electron chi connectivity index (χ4n) is 1.01. The SMILES string of the molecule is C1=C=c2ccccc2=CC=1.CC. The molecule has 0 fully saturated rings. The van der Waals surface area contributed by atoms with Crippen LogP contribution in [0.1, 0.15) is 13.8 Å². The van der Waals surface area contributed by atoms with E-state index in [9.17, 15) is 0 Å². The van der Waals surface area contributed by atoms with Crippen LogP contribution in [-0.2, 0) is 0 Å². The maximum Gasteiger partial charge on any atom is 0.0321 e. The van der Waals surface area contributed by atoms with Crippen LogP contribution in [0.5, 0.6) is 0 Å². The molecule has 1 aromatic carbocycles. The van der Waals surface area contributed by atoms with Gasteiger partial charge in [0.25, 0.3) is 0 Å². The topological polar surface area (TPSA) is 0 Å². The molecule has 0 radical (unpaired) electrons. The van der Waals surface area contributed by atoms with Crippen molar-refractivity contribution in [1.82, 2.24) is 0 Å².